The van der Waals surface area contributed by atoms with Crippen molar-refractivity contribution in [3.8, 4) is 11.5 Å². The molecular formula is C24H20Cl2O3. The van der Waals surface area contributed by atoms with Gasteiger partial charge < -0.3 is 9.47 Å². The summed E-state index contributed by atoms with van der Waals surface area (Å²) in [6.07, 6.45) is 2.03. The fraction of sp³-hybridized carbons (Fsp3) is 0.208. The molecule has 0 radical (unpaired) electrons. The van der Waals surface area contributed by atoms with E-state index in [0.717, 1.165) is 41.0 Å². The van der Waals surface area contributed by atoms with Crippen molar-refractivity contribution >= 4 is 29.0 Å². The number of hydrogen-bond donors (Lipinski definition) is 0. The van der Waals surface area contributed by atoms with Crippen molar-refractivity contribution < 1.29 is 14.3 Å². The number of ketones is 1. The molecule has 0 heterocycles. The molecule has 4 rings (SSSR count). The van der Waals surface area contributed by atoms with E-state index in [0.29, 0.717) is 23.3 Å². The topological polar surface area (TPSA) is 35.5 Å². The van der Waals surface area contributed by atoms with E-state index >= 15 is 0 Å². The first-order valence-electron chi connectivity index (χ1n) is 9.51. The van der Waals surface area contributed by atoms with Gasteiger partial charge in [0.25, 0.3) is 0 Å². The lowest BCUT2D eigenvalue weighted by Gasteiger charge is -2.10. The van der Waals surface area contributed by atoms with Crippen LogP contribution >= 0.6 is 23.2 Å². The van der Waals surface area contributed by atoms with Crippen LogP contribution in [0, 0.1) is 5.92 Å². The van der Waals surface area contributed by atoms with Gasteiger partial charge in [0.05, 0.1) is 10.0 Å². The summed E-state index contributed by atoms with van der Waals surface area (Å²) in [6.45, 7) is 0.817. The zero-order valence-corrected chi connectivity index (χ0v) is 17.2. The van der Waals surface area contributed by atoms with Crippen molar-refractivity contribution in [3.05, 3.63) is 93.5 Å². The number of Topliss-reactive ketones (excluding diaryl/α,β-unsaturated/α-hetero) is 1. The van der Waals surface area contributed by atoms with Crippen LogP contribution in [0.2, 0.25) is 10.0 Å². The molecular weight excluding hydrogens is 407 g/mol. The molecule has 5 heteroatoms. The van der Waals surface area contributed by atoms with Gasteiger partial charge in [-0.3, -0.25) is 4.79 Å². The van der Waals surface area contributed by atoms with E-state index in [9.17, 15) is 4.79 Å². The highest BCUT2D eigenvalue weighted by atomic mass is 35.5. The lowest BCUT2D eigenvalue weighted by atomic mass is 10.1. The number of rotatable bonds is 8. The summed E-state index contributed by atoms with van der Waals surface area (Å²) in [7, 11) is 0. The fourth-order valence-corrected chi connectivity index (χ4v) is 3.31. The average molecular weight is 427 g/mol. The Hall–Kier alpha value is -2.49. The summed E-state index contributed by atoms with van der Waals surface area (Å²) in [6, 6.07) is 20.6. The molecule has 1 aliphatic rings. The Morgan fingerprint density at radius 2 is 1.48 bits per heavy atom. The Labute approximate surface area is 180 Å². The van der Waals surface area contributed by atoms with Crippen LogP contribution in [0.3, 0.4) is 0 Å². The predicted octanol–water partition coefficient (Wildman–Crippen LogP) is 6.74. The van der Waals surface area contributed by atoms with E-state index in [4.69, 9.17) is 32.7 Å². The number of carbonyl (C=O) groups excluding carboxylic acids is 1. The summed E-state index contributed by atoms with van der Waals surface area (Å²) in [5.74, 6) is 1.96. The van der Waals surface area contributed by atoms with Crippen LogP contribution in [0.25, 0.3) is 0 Å². The van der Waals surface area contributed by atoms with Gasteiger partial charge in [-0.25, -0.2) is 0 Å². The van der Waals surface area contributed by atoms with Crippen LogP contribution in [-0.4, -0.2) is 5.78 Å². The Morgan fingerprint density at radius 3 is 2.17 bits per heavy atom. The number of ether oxygens (including phenoxy) is 2. The van der Waals surface area contributed by atoms with Crippen LogP contribution < -0.4 is 9.47 Å². The highest BCUT2D eigenvalue weighted by molar-refractivity contribution is 6.42. The van der Waals surface area contributed by atoms with Crippen molar-refractivity contribution in [1.82, 2.24) is 0 Å². The molecule has 0 unspecified atom stereocenters. The van der Waals surface area contributed by atoms with E-state index in [1.165, 1.54) is 0 Å². The second kappa shape index (κ2) is 8.89. The Balaban J connectivity index is 1.32. The largest absolute Gasteiger partial charge is 0.489 e. The molecule has 1 fully saturated rings. The van der Waals surface area contributed by atoms with Gasteiger partial charge in [0.15, 0.2) is 5.78 Å². The van der Waals surface area contributed by atoms with Crippen LogP contribution in [-0.2, 0) is 13.2 Å². The molecule has 3 aromatic carbocycles. The second-order valence-electron chi connectivity index (χ2n) is 7.14. The molecule has 0 saturated heterocycles. The predicted molar refractivity (Wildman–Crippen MR) is 115 cm³/mol. The maximum Gasteiger partial charge on any atom is 0.165 e. The quantitative estimate of drug-likeness (QED) is 0.373. The Morgan fingerprint density at radius 1 is 0.793 bits per heavy atom. The number of carbonyl (C=O) groups is 1. The first kappa shape index (κ1) is 19.8. The van der Waals surface area contributed by atoms with Crippen LogP contribution in [0.5, 0.6) is 11.5 Å². The van der Waals surface area contributed by atoms with Gasteiger partial charge in [-0.2, -0.15) is 0 Å². The number of benzene rings is 3. The van der Waals surface area contributed by atoms with Crippen LogP contribution in [0.1, 0.15) is 34.3 Å². The van der Waals surface area contributed by atoms with Crippen molar-refractivity contribution in [1.29, 1.82) is 0 Å². The van der Waals surface area contributed by atoms with E-state index in [-0.39, 0.29) is 11.7 Å². The molecule has 3 nitrogen and oxygen atoms in total. The number of hydrogen-bond acceptors (Lipinski definition) is 3. The SMILES string of the molecule is O=C(c1ccc(OCc2cccc(OCc3ccc(Cl)c(Cl)c3)c2)cc1)C1CC1. The zero-order valence-electron chi connectivity index (χ0n) is 15.7. The van der Waals surface area contributed by atoms with Gasteiger partial charge in [0.1, 0.15) is 24.7 Å². The van der Waals surface area contributed by atoms with Crippen LogP contribution in [0.15, 0.2) is 66.7 Å². The molecule has 1 aliphatic carbocycles. The van der Waals surface area contributed by atoms with Crippen molar-refractivity contribution in [2.75, 3.05) is 0 Å². The molecule has 0 N–H and O–H groups in total. The third kappa shape index (κ3) is 5.31. The lowest BCUT2D eigenvalue weighted by molar-refractivity contribution is 0.0967. The van der Waals surface area contributed by atoms with Crippen molar-refractivity contribution in [3.63, 3.8) is 0 Å². The van der Waals surface area contributed by atoms with Gasteiger partial charge in [-0.15, -0.1) is 0 Å². The Kier molecular flexibility index (Phi) is 6.08. The number of halogens is 2. The molecule has 29 heavy (non-hydrogen) atoms. The summed E-state index contributed by atoms with van der Waals surface area (Å²) in [4.78, 5) is 12.1. The summed E-state index contributed by atoms with van der Waals surface area (Å²) in [5, 5.41) is 1.04. The zero-order chi connectivity index (χ0) is 20.2. The summed E-state index contributed by atoms with van der Waals surface area (Å²) >= 11 is 12.0. The van der Waals surface area contributed by atoms with Gasteiger partial charge in [-0.05, 0) is 72.5 Å². The molecule has 0 spiro atoms. The molecule has 0 aromatic heterocycles. The molecule has 3 aromatic rings. The minimum absolute atomic E-state index is 0.230. The minimum atomic E-state index is 0.230. The third-order valence-corrected chi connectivity index (χ3v) is 5.52. The lowest BCUT2D eigenvalue weighted by Crippen LogP contribution is -2.01. The van der Waals surface area contributed by atoms with E-state index < -0.39 is 0 Å². The average Bonchev–Trinajstić information content (AvgIpc) is 3.59. The van der Waals surface area contributed by atoms with Gasteiger partial charge in [0, 0.05) is 11.5 Å². The molecule has 148 valence electrons. The molecule has 0 amide bonds. The first-order chi connectivity index (χ1) is 14.1. The highest BCUT2D eigenvalue weighted by Gasteiger charge is 2.30. The van der Waals surface area contributed by atoms with Gasteiger partial charge in [-0.1, -0.05) is 41.4 Å². The maximum absolute atomic E-state index is 12.1. The maximum atomic E-state index is 12.1. The van der Waals surface area contributed by atoms with Gasteiger partial charge >= 0.3 is 0 Å². The standard InChI is InChI=1S/C24H20Cl2O3/c25-22-11-4-17(13-23(22)26)15-29-21-3-1-2-16(12-21)14-28-20-9-7-19(8-10-20)24(27)18-5-6-18/h1-4,7-13,18H,5-6,14-15H2. The minimum Gasteiger partial charge on any atom is -0.489 e. The van der Waals surface area contributed by atoms with Crippen LogP contribution in [0.4, 0.5) is 0 Å². The molecule has 0 bridgehead atoms. The fourth-order valence-electron chi connectivity index (χ4n) is 2.98. The molecule has 0 atom stereocenters. The molecule has 0 aliphatic heterocycles. The summed E-state index contributed by atoms with van der Waals surface area (Å²) in [5.41, 5.74) is 2.70. The first-order valence-corrected chi connectivity index (χ1v) is 10.3. The smallest absolute Gasteiger partial charge is 0.165 e. The monoisotopic (exact) mass is 426 g/mol. The molecule has 1 saturated carbocycles. The summed E-state index contributed by atoms with van der Waals surface area (Å²) < 4.78 is 11.7. The Bertz CT molecular complexity index is 1010. The van der Waals surface area contributed by atoms with Crippen molar-refractivity contribution in [2.24, 2.45) is 5.92 Å². The van der Waals surface area contributed by atoms with Gasteiger partial charge in [0.2, 0.25) is 0 Å². The third-order valence-electron chi connectivity index (χ3n) is 4.78. The van der Waals surface area contributed by atoms with E-state index in [1.807, 2.05) is 54.6 Å². The van der Waals surface area contributed by atoms with E-state index in [2.05, 4.69) is 0 Å². The second-order valence-corrected chi connectivity index (χ2v) is 7.95. The highest BCUT2D eigenvalue weighted by Crippen LogP contribution is 2.33. The van der Waals surface area contributed by atoms with E-state index in [1.54, 1.807) is 12.1 Å². The van der Waals surface area contributed by atoms with Crippen molar-refractivity contribution in [2.45, 2.75) is 26.1 Å². The normalized spacial score (nSPS) is 13.2.